The molecule has 2 aromatic rings. The van der Waals surface area contributed by atoms with Crippen LogP contribution < -0.4 is 5.43 Å². The van der Waals surface area contributed by atoms with Crippen LogP contribution in [0.4, 0.5) is 5.69 Å². The first-order valence-corrected chi connectivity index (χ1v) is 7.55. The summed E-state index contributed by atoms with van der Waals surface area (Å²) in [5.41, 5.74) is 2.84. The second kappa shape index (κ2) is 7.37. The highest BCUT2D eigenvalue weighted by atomic mass is 32.2. The maximum absolute atomic E-state index is 11.9. The third kappa shape index (κ3) is 3.92. The Morgan fingerprint density at radius 3 is 2.55 bits per heavy atom. The van der Waals surface area contributed by atoms with E-state index in [-0.39, 0.29) is 11.3 Å². The smallest absolute Gasteiger partial charge is 0.267 e. The number of benzene rings is 2. The van der Waals surface area contributed by atoms with Crippen molar-refractivity contribution in [2.75, 3.05) is 6.26 Å². The van der Waals surface area contributed by atoms with Crippen LogP contribution in [0.15, 0.2) is 58.5 Å². The normalized spacial score (nSPS) is 10.6. The quantitative estimate of drug-likeness (QED) is 0.398. The number of carbonyl (C=O) groups is 1. The molecule has 0 fully saturated rings. The number of carbonyl (C=O) groups excluding carboxylic acids is 1. The number of rotatable bonds is 5. The number of nitrogens with one attached hydrogen (secondary N) is 1. The Labute approximate surface area is 131 Å². The predicted molar refractivity (Wildman–Crippen MR) is 86.4 cm³/mol. The predicted octanol–water partition coefficient (Wildman–Crippen LogP) is 3.08. The van der Waals surface area contributed by atoms with Crippen LogP contribution in [0.25, 0.3) is 0 Å². The van der Waals surface area contributed by atoms with Gasteiger partial charge in [-0.2, -0.15) is 5.10 Å². The molecule has 112 valence electrons. The first-order valence-electron chi connectivity index (χ1n) is 6.32. The summed E-state index contributed by atoms with van der Waals surface area (Å²) in [7, 11) is 0. The average molecular weight is 315 g/mol. The van der Waals surface area contributed by atoms with Crippen molar-refractivity contribution >= 4 is 29.6 Å². The molecule has 2 rings (SSSR count). The van der Waals surface area contributed by atoms with Gasteiger partial charge in [-0.05, 0) is 30.0 Å². The Morgan fingerprint density at radius 1 is 1.23 bits per heavy atom. The molecule has 0 aromatic heterocycles. The summed E-state index contributed by atoms with van der Waals surface area (Å²) in [6.45, 7) is 0. The molecule has 22 heavy (non-hydrogen) atoms. The average Bonchev–Trinajstić information content (AvgIpc) is 2.55. The number of hydrogen-bond acceptors (Lipinski definition) is 5. The zero-order chi connectivity index (χ0) is 15.9. The van der Waals surface area contributed by atoms with Crippen LogP contribution in [0.3, 0.4) is 0 Å². The molecular weight excluding hydrogens is 302 g/mol. The lowest BCUT2D eigenvalue weighted by Gasteiger charge is -2.01. The van der Waals surface area contributed by atoms with Crippen molar-refractivity contribution in [3.8, 4) is 0 Å². The van der Waals surface area contributed by atoms with E-state index >= 15 is 0 Å². The number of nitrogens with zero attached hydrogens (tertiary/aromatic N) is 2. The molecule has 0 aliphatic heterocycles. The molecule has 1 N–H and O–H groups in total. The Bertz CT molecular complexity index is 714. The van der Waals surface area contributed by atoms with Crippen molar-refractivity contribution in [2.24, 2.45) is 5.10 Å². The van der Waals surface area contributed by atoms with Gasteiger partial charge < -0.3 is 0 Å². The third-order valence-corrected chi connectivity index (χ3v) is 3.58. The number of hydrogen-bond donors (Lipinski definition) is 1. The lowest BCUT2D eigenvalue weighted by molar-refractivity contribution is -0.385. The van der Waals surface area contributed by atoms with Crippen molar-refractivity contribution < 1.29 is 9.72 Å². The molecule has 7 heteroatoms. The standard InChI is InChI=1S/C15H13N3O3S/c1-22-12-8-6-11(7-9-12)10-16-17-15(19)13-4-2-3-5-14(13)18(20)21/h2-10H,1H3,(H,17,19)/b16-10-. The fourth-order valence-corrected chi connectivity index (χ4v) is 2.15. The summed E-state index contributed by atoms with van der Waals surface area (Å²) in [5, 5.41) is 14.7. The topological polar surface area (TPSA) is 84.6 Å². The minimum Gasteiger partial charge on any atom is -0.267 e. The van der Waals surface area contributed by atoms with E-state index in [0.29, 0.717) is 0 Å². The zero-order valence-corrected chi connectivity index (χ0v) is 12.5. The van der Waals surface area contributed by atoms with Gasteiger partial charge in [0.05, 0.1) is 11.1 Å². The van der Waals surface area contributed by atoms with Crippen LogP contribution in [0.5, 0.6) is 0 Å². The van der Waals surface area contributed by atoms with E-state index < -0.39 is 10.8 Å². The largest absolute Gasteiger partial charge is 0.282 e. The van der Waals surface area contributed by atoms with Crippen LogP contribution in [0, 0.1) is 10.1 Å². The van der Waals surface area contributed by atoms with Gasteiger partial charge >= 0.3 is 0 Å². The van der Waals surface area contributed by atoms with E-state index in [2.05, 4.69) is 10.5 Å². The second-order valence-corrected chi connectivity index (χ2v) is 5.13. The molecule has 0 heterocycles. The van der Waals surface area contributed by atoms with Gasteiger partial charge in [0.15, 0.2) is 0 Å². The van der Waals surface area contributed by atoms with Crippen LogP contribution in [-0.2, 0) is 0 Å². The SMILES string of the molecule is CSc1ccc(/C=N\NC(=O)c2ccccc2[N+](=O)[O-])cc1. The van der Waals surface area contributed by atoms with E-state index in [1.54, 1.807) is 17.8 Å². The molecule has 2 aromatic carbocycles. The fraction of sp³-hybridized carbons (Fsp3) is 0.0667. The minimum atomic E-state index is -0.621. The maximum atomic E-state index is 11.9. The van der Waals surface area contributed by atoms with Crippen molar-refractivity contribution in [3.05, 3.63) is 69.8 Å². The van der Waals surface area contributed by atoms with Gasteiger partial charge in [-0.25, -0.2) is 5.43 Å². The molecule has 0 spiro atoms. The Morgan fingerprint density at radius 2 is 1.91 bits per heavy atom. The highest BCUT2D eigenvalue weighted by Gasteiger charge is 2.18. The fourth-order valence-electron chi connectivity index (χ4n) is 1.74. The Balaban J connectivity index is 2.06. The number of amides is 1. The zero-order valence-electron chi connectivity index (χ0n) is 11.7. The number of hydrazone groups is 1. The van der Waals surface area contributed by atoms with Crippen LogP contribution in [-0.4, -0.2) is 23.3 Å². The van der Waals surface area contributed by atoms with Crippen LogP contribution in [0.2, 0.25) is 0 Å². The van der Waals surface area contributed by atoms with Gasteiger partial charge in [-0.15, -0.1) is 11.8 Å². The van der Waals surface area contributed by atoms with Crippen molar-refractivity contribution in [3.63, 3.8) is 0 Å². The first-order chi connectivity index (χ1) is 10.6. The van der Waals surface area contributed by atoms with Crippen molar-refractivity contribution in [2.45, 2.75) is 4.90 Å². The van der Waals surface area contributed by atoms with Crippen molar-refractivity contribution in [1.29, 1.82) is 0 Å². The number of thioether (sulfide) groups is 1. The van der Waals surface area contributed by atoms with Gasteiger partial charge in [0.1, 0.15) is 5.56 Å². The summed E-state index contributed by atoms with van der Waals surface area (Å²) in [6.07, 6.45) is 3.47. The van der Waals surface area contributed by atoms with E-state index in [0.717, 1.165) is 10.5 Å². The summed E-state index contributed by atoms with van der Waals surface area (Å²) >= 11 is 1.63. The lowest BCUT2D eigenvalue weighted by Crippen LogP contribution is -2.18. The van der Waals surface area contributed by atoms with Gasteiger partial charge in [-0.1, -0.05) is 24.3 Å². The van der Waals surface area contributed by atoms with E-state index in [1.807, 2.05) is 30.5 Å². The lowest BCUT2D eigenvalue weighted by atomic mass is 10.2. The highest BCUT2D eigenvalue weighted by Crippen LogP contribution is 2.17. The molecular formula is C15H13N3O3S. The van der Waals surface area contributed by atoms with E-state index in [1.165, 1.54) is 24.4 Å². The summed E-state index contributed by atoms with van der Waals surface area (Å²) < 4.78 is 0. The minimum absolute atomic E-state index is 0.0256. The maximum Gasteiger partial charge on any atom is 0.282 e. The number of nitro groups is 1. The van der Waals surface area contributed by atoms with Crippen molar-refractivity contribution in [1.82, 2.24) is 5.43 Å². The van der Waals surface area contributed by atoms with E-state index in [9.17, 15) is 14.9 Å². The molecule has 6 nitrogen and oxygen atoms in total. The van der Waals surface area contributed by atoms with E-state index in [4.69, 9.17) is 0 Å². The third-order valence-electron chi connectivity index (χ3n) is 2.84. The molecule has 0 aliphatic carbocycles. The second-order valence-electron chi connectivity index (χ2n) is 4.25. The van der Waals surface area contributed by atoms with Crippen LogP contribution in [0.1, 0.15) is 15.9 Å². The number of para-hydroxylation sites is 1. The Hall–Kier alpha value is -2.67. The molecule has 0 unspecified atom stereocenters. The van der Waals surface area contributed by atoms with Gasteiger partial charge in [0, 0.05) is 11.0 Å². The molecule has 0 bridgehead atoms. The molecule has 0 radical (unpaired) electrons. The highest BCUT2D eigenvalue weighted by molar-refractivity contribution is 7.98. The van der Waals surface area contributed by atoms with Gasteiger partial charge in [-0.3, -0.25) is 14.9 Å². The molecule has 0 atom stereocenters. The summed E-state index contributed by atoms with van der Waals surface area (Å²) in [6, 6.07) is 13.3. The Kier molecular flexibility index (Phi) is 5.26. The summed E-state index contributed by atoms with van der Waals surface area (Å²) in [4.78, 5) is 23.3. The summed E-state index contributed by atoms with van der Waals surface area (Å²) in [5.74, 6) is -0.621. The number of nitro benzene ring substituents is 1. The molecule has 1 amide bonds. The molecule has 0 saturated carbocycles. The monoisotopic (exact) mass is 315 g/mol. The molecule has 0 saturated heterocycles. The molecule has 0 aliphatic rings. The van der Waals surface area contributed by atoms with Crippen LogP contribution >= 0.6 is 11.8 Å². The van der Waals surface area contributed by atoms with Gasteiger partial charge in [0.25, 0.3) is 11.6 Å². The first kappa shape index (κ1) is 15.7. The van der Waals surface area contributed by atoms with Gasteiger partial charge in [0.2, 0.25) is 0 Å².